The first kappa shape index (κ1) is 17.4. The third-order valence-corrected chi connectivity index (χ3v) is 5.29. The number of hydrogen-bond acceptors (Lipinski definition) is 3. The number of carbonyl (C=O) groups is 1. The molecular formula is C11H12BrClFNO4S. The summed E-state index contributed by atoms with van der Waals surface area (Å²) in [6.45, 7) is 3.12. The second-order valence-corrected chi connectivity index (χ2v) is 7.29. The lowest BCUT2D eigenvalue weighted by Crippen LogP contribution is -2.44. The summed E-state index contributed by atoms with van der Waals surface area (Å²) in [6, 6.07) is 0.463. The molecule has 1 rings (SSSR count). The standard InChI is InChI=1S/C11H12BrClFNO4S/c1-5(2)9(11(16)17)15-20(18,19)10-7(12)3-6(14)4-8(10)13/h3-5,9,15H,1-2H3,(H,16,17). The number of sulfonamides is 1. The molecule has 9 heteroatoms. The predicted molar refractivity (Wildman–Crippen MR) is 75.7 cm³/mol. The van der Waals surface area contributed by atoms with Gasteiger partial charge in [0.05, 0.1) is 5.02 Å². The van der Waals surface area contributed by atoms with Crippen molar-refractivity contribution in [1.29, 1.82) is 0 Å². The van der Waals surface area contributed by atoms with E-state index in [4.69, 9.17) is 16.7 Å². The molecule has 0 radical (unpaired) electrons. The summed E-state index contributed by atoms with van der Waals surface area (Å²) in [5.74, 6) is -2.49. The van der Waals surface area contributed by atoms with E-state index in [1.807, 2.05) is 4.72 Å². The number of halogens is 3. The van der Waals surface area contributed by atoms with Gasteiger partial charge in [-0.05, 0) is 34.0 Å². The monoisotopic (exact) mass is 387 g/mol. The SMILES string of the molecule is CC(C)C(NS(=O)(=O)c1c(Cl)cc(F)cc1Br)C(=O)O. The zero-order valence-corrected chi connectivity index (χ0v) is 13.7. The number of hydrogen-bond donors (Lipinski definition) is 2. The molecule has 0 aliphatic rings. The molecule has 1 unspecified atom stereocenters. The molecule has 5 nitrogen and oxygen atoms in total. The van der Waals surface area contributed by atoms with Crippen LogP contribution in [0.25, 0.3) is 0 Å². The Labute approximate surface area is 129 Å². The highest BCUT2D eigenvalue weighted by molar-refractivity contribution is 9.10. The van der Waals surface area contributed by atoms with Gasteiger partial charge in [0.2, 0.25) is 10.0 Å². The minimum atomic E-state index is -4.20. The highest BCUT2D eigenvalue weighted by Gasteiger charge is 2.30. The van der Waals surface area contributed by atoms with E-state index in [1.165, 1.54) is 0 Å². The first-order chi connectivity index (χ1) is 9.06. The minimum Gasteiger partial charge on any atom is -0.480 e. The molecule has 0 bridgehead atoms. The van der Waals surface area contributed by atoms with E-state index in [-0.39, 0.29) is 9.50 Å². The Morgan fingerprint density at radius 3 is 2.40 bits per heavy atom. The van der Waals surface area contributed by atoms with E-state index in [9.17, 15) is 17.6 Å². The van der Waals surface area contributed by atoms with Crippen LogP contribution in [0.4, 0.5) is 4.39 Å². The number of aliphatic carboxylic acids is 1. The van der Waals surface area contributed by atoms with Gasteiger partial charge in [0.25, 0.3) is 0 Å². The molecule has 0 amide bonds. The van der Waals surface area contributed by atoms with Crippen molar-refractivity contribution in [3.8, 4) is 0 Å². The Hall–Kier alpha value is -0.700. The molecule has 20 heavy (non-hydrogen) atoms. The highest BCUT2D eigenvalue weighted by atomic mass is 79.9. The summed E-state index contributed by atoms with van der Waals surface area (Å²) >= 11 is 8.63. The van der Waals surface area contributed by atoms with Crippen molar-refractivity contribution in [1.82, 2.24) is 4.72 Å². The van der Waals surface area contributed by atoms with E-state index < -0.39 is 38.7 Å². The lowest BCUT2D eigenvalue weighted by molar-refractivity contribution is -0.140. The summed E-state index contributed by atoms with van der Waals surface area (Å²) in [4.78, 5) is 10.6. The van der Waals surface area contributed by atoms with Gasteiger partial charge in [-0.3, -0.25) is 4.79 Å². The average molecular weight is 389 g/mol. The van der Waals surface area contributed by atoms with Crippen molar-refractivity contribution in [3.05, 3.63) is 27.4 Å². The van der Waals surface area contributed by atoms with Crippen LogP contribution in [0.1, 0.15) is 13.8 Å². The van der Waals surface area contributed by atoms with Crippen molar-refractivity contribution < 1.29 is 22.7 Å². The minimum absolute atomic E-state index is 0.0807. The van der Waals surface area contributed by atoms with Crippen molar-refractivity contribution in [2.24, 2.45) is 5.92 Å². The summed E-state index contributed by atoms with van der Waals surface area (Å²) in [5, 5.41) is 8.67. The molecule has 0 aliphatic carbocycles. The molecule has 0 aromatic heterocycles. The summed E-state index contributed by atoms with van der Waals surface area (Å²) < 4.78 is 39.4. The van der Waals surface area contributed by atoms with Gasteiger partial charge in [-0.2, -0.15) is 4.72 Å². The van der Waals surface area contributed by atoms with Crippen LogP contribution in [0.15, 0.2) is 21.5 Å². The molecule has 1 aromatic carbocycles. The second-order valence-electron chi connectivity index (χ2n) is 4.38. The Bertz CT molecular complexity index is 612. The van der Waals surface area contributed by atoms with E-state index in [0.29, 0.717) is 0 Å². The first-order valence-electron chi connectivity index (χ1n) is 5.46. The fourth-order valence-electron chi connectivity index (χ4n) is 1.48. The largest absolute Gasteiger partial charge is 0.480 e. The third kappa shape index (κ3) is 3.91. The summed E-state index contributed by atoms with van der Waals surface area (Å²) in [5.41, 5.74) is 0. The molecular weight excluding hydrogens is 377 g/mol. The number of nitrogens with one attached hydrogen (secondary N) is 1. The summed E-state index contributed by atoms with van der Waals surface area (Å²) in [7, 11) is -4.20. The molecule has 1 atom stereocenters. The van der Waals surface area contributed by atoms with Gasteiger partial charge in [-0.1, -0.05) is 25.4 Å². The molecule has 0 heterocycles. The molecule has 0 aliphatic heterocycles. The fraction of sp³-hybridized carbons (Fsp3) is 0.364. The first-order valence-corrected chi connectivity index (χ1v) is 8.11. The smallest absolute Gasteiger partial charge is 0.322 e. The van der Waals surface area contributed by atoms with Crippen LogP contribution in [-0.2, 0) is 14.8 Å². The van der Waals surface area contributed by atoms with Crippen LogP contribution in [-0.4, -0.2) is 25.5 Å². The van der Waals surface area contributed by atoms with E-state index in [0.717, 1.165) is 12.1 Å². The summed E-state index contributed by atoms with van der Waals surface area (Å²) in [6.07, 6.45) is 0. The fourth-order valence-corrected chi connectivity index (χ4v) is 4.64. The van der Waals surface area contributed by atoms with Gasteiger partial charge in [0, 0.05) is 4.47 Å². The zero-order chi connectivity index (χ0) is 15.7. The van der Waals surface area contributed by atoms with Crippen molar-refractivity contribution in [2.45, 2.75) is 24.8 Å². The topological polar surface area (TPSA) is 83.5 Å². The maximum atomic E-state index is 13.1. The van der Waals surface area contributed by atoms with E-state index in [1.54, 1.807) is 13.8 Å². The Balaban J connectivity index is 3.28. The molecule has 112 valence electrons. The predicted octanol–water partition coefficient (Wildman–Crippen LogP) is 2.63. The molecule has 0 fully saturated rings. The van der Waals surface area contributed by atoms with Crippen molar-refractivity contribution in [3.63, 3.8) is 0 Å². The maximum absolute atomic E-state index is 13.1. The van der Waals surface area contributed by atoms with Crippen LogP contribution in [0.3, 0.4) is 0 Å². The van der Waals surface area contributed by atoms with Crippen LogP contribution < -0.4 is 4.72 Å². The Morgan fingerprint density at radius 2 is 2.00 bits per heavy atom. The van der Waals surface area contributed by atoms with Crippen LogP contribution in [0.5, 0.6) is 0 Å². The highest BCUT2D eigenvalue weighted by Crippen LogP contribution is 2.31. The lowest BCUT2D eigenvalue weighted by atomic mass is 10.1. The van der Waals surface area contributed by atoms with Crippen molar-refractivity contribution >= 4 is 43.5 Å². The van der Waals surface area contributed by atoms with Crippen molar-refractivity contribution in [2.75, 3.05) is 0 Å². The van der Waals surface area contributed by atoms with Gasteiger partial charge in [0.15, 0.2) is 0 Å². The quantitative estimate of drug-likeness (QED) is 0.812. The second kappa shape index (κ2) is 6.38. The van der Waals surface area contributed by atoms with Gasteiger partial charge in [-0.25, -0.2) is 12.8 Å². The average Bonchev–Trinajstić information content (AvgIpc) is 2.23. The number of benzene rings is 1. The maximum Gasteiger partial charge on any atom is 0.322 e. The van der Waals surface area contributed by atoms with Crippen LogP contribution >= 0.6 is 27.5 Å². The molecule has 1 aromatic rings. The zero-order valence-electron chi connectivity index (χ0n) is 10.5. The lowest BCUT2D eigenvalue weighted by Gasteiger charge is -2.19. The number of carboxylic acid groups (broad SMARTS) is 1. The Kier molecular flexibility index (Phi) is 5.54. The molecule has 0 saturated carbocycles. The van der Waals surface area contributed by atoms with Gasteiger partial charge in [-0.15, -0.1) is 0 Å². The number of rotatable bonds is 5. The molecule has 2 N–H and O–H groups in total. The number of carboxylic acids is 1. The van der Waals surface area contributed by atoms with E-state index >= 15 is 0 Å². The third-order valence-electron chi connectivity index (χ3n) is 2.45. The van der Waals surface area contributed by atoms with Gasteiger partial charge >= 0.3 is 5.97 Å². The molecule has 0 saturated heterocycles. The normalized spacial score (nSPS) is 13.5. The van der Waals surface area contributed by atoms with Crippen LogP contribution in [0.2, 0.25) is 5.02 Å². The van der Waals surface area contributed by atoms with E-state index in [2.05, 4.69) is 15.9 Å². The van der Waals surface area contributed by atoms with Gasteiger partial charge in [0.1, 0.15) is 16.8 Å². The van der Waals surface area contributed by atoms with Crippen LogP contribution in [0, 0.1) is 11.7 Å². The molecule has 0 spiro atoms. The Morgan fingerprint density at radius 1 is 1.45 bits per heavy atom. The van der Waals surface area contributed by atoms with Gasteiger partial charge < -0.3 is 5.11 Å².